The highest BCUT2D eigenvalue weighted by Crippen LogP contribution is 2.40. The van der Waals surface area contributed by atoms with E-state index >= 15 is 0 Å². The lowest BCUT2D eigenvalue weighted by atomic mass is 9.95. The number of aryl methyl sites for hydroxylation is 1. The van der Waals surface area contributed by atoms with E-state index < -0.39 is 0 Å². The number of aromatic nitrogens is 5. The van der Waals surface area contributed by atoms with Gasteiger partial charge in [-0.25, -0.2) is 14.5 Å². The molecule has 7 nitrogen and oxygen atoms in total. The van der Waals surface area contributed by atoms with Crippen molar-refractivity contribution in [3.63, 3.8) is 0 Å². The lowest BCUT2D eigenvalue weighted by Crippen LogP contribution is -2.52. The average Bonchev–Trinajstić information content (AvgIpc) is 3.44. The van der Waals surface area contributed by atoms with Gasteiger partial charge >= 0.3 is 0 Å². The number of nitrogens with zero attached hydrogens (tertiary/aromatic N) is 5. The topological polar surface area (TPSA) is 74.1 Å². The maximum Gasteiger partial charge on any atom is 0.158 e. The molecule has 32 heavy (non-hydrogen) atoms. The second-order valence-corrected chi connectivity index (χ2v) is 9.55. The Morgan fingerprint density at radius 1 is 1.16 bits per heavy atom. The van der Waals surface area contributed by atoms with Gasteiger partial charge in [0.05, 0.1) is 22.8 Å². The van der Waals surface area contributed by atoms with Gasteiger partial charge in [-0.3, -0.25) is 0 Å². The summed E-state index contributed by atoms with van der Waals surface area (Å²) in [4.78, 5) is 15.8. The number of anilines is 1. The van der Waals surface area contributed by atoms with Crippen molar-refractivity contribution < 1.29 is 0 Å². The number of rotatable bonds is 3. The molecular weight excluding hydrogens is 398 g/mol. The van der Waals surface area contributed by atoms with Gasteiger partial charge in [-0.15, -0.1) is 0 Å². The number of aromatic amines is 1. The van der Waals surface area contributed by atoms with E-state index in [1.54, 1.807) is 6.33 Å². The summed E-state index contributed by atoms with van der Waals surface area (Å²) in [5.74, 6) is 1.38. The van der Waals surface area contributed by atoms with Gasteiger partial charge in [-0.2, -0.15) is 5.10 Å². The SMILES string of the molecule is C=C1C[C@H]2CNC[C@@H]1N2c1ccc2[nH]c(-c3cn4ncnc4c(C)c3C)c(C(C)C)c2n1. The van der Waals surface area contributed by atoms with Crippen LogP contribution >= 0.6 is 0 Å². The second kappa shape index (κ2) is 6.90. The first-order chi connectivity index (χ1) is 15.4. The van der Waals surface area contributed by atoms with Crippen molar-refractivity contribution in [2.75, 3.05) is 18.0 Å². The summed E-state index contributed by atoms with van der Waals surface area (Å²) in [6, 6.07) is 5.12. The van der Waals surface area contributed by atoms with Crippen LogP contribution in [0.2, 0.25) is 0 Å². The standard InChI is InChI=1S/C25H29N7/c1-13(2)22-23(18-11-31-25(27-12-28-31)16(5)15(18)4)29-19-6-7-21(30-24(19)22)32-17-8-14(3)20(32)10-26-9-17/h6-7,11-13,17,20,26,29H,3,8-10H2,1-2,4-5H3/t17-,20-/m0/s1. The highest BCUT2D eigenvalue weighted by Gasteiger charge is 2.40. The van der Waals surface area contributed by atoms with Crippen LogP contribution in [-0.4, -0.2) is 49.7 Å². The number of piperazine rings is 1. The molecule has 2 saturated heterocycles. The Morgan fingerprint density at radius 2 is 2.00 bits per heavy atom. The molecule has 0 saturated carbocycles. The number of pyridine rings is 2. The van der Waals surface area contributed by atoms with Crippen LogP contribution in [0.1, 0.15) is 42.9 Å². The van der Waals surface area contributed by atoms with Crippen molar-refractivity contribution in [3.8, 4) is 11.3 Å². The Labute approximate surface area is 187 Å². The molecule has 6 rings (SSSR count). The summed E-state index contributed by atoms with van der Waals surface area (Å²) < 4.78 is 1.87. The predicted octanol–water partition coefficient (Wildman–Crippen LogP) is 4.12. The maximum absolute atomic E-state index is 5.24. The van der Waals surface area contributed by atoms with Crippen LogP contribution in [0.3, 0.4) is 0 Å². The number of fused-ring (bicyclic) bond motifs is 4. The lowest BCUT2D eigenvalue weighted by Gasteiger charge is -2.36. The molecule has 2 N–H and O–H groups in total. The Kier molecular flexibility index (Phi) is 4.21. The minimum absolute atomic E-state index is 0.322. The fraction of sp³-hybridized carbons (Fsp3) is 0.400. The van der Waals surface area contributed by atoms with E-state index in [1.165, 1.54) is 16.7 Å². The number of H-pyrrole nitrogens is 1. The molecule has 0 spiro atoms. The lowest BCUT2D eigenvalue weighted by molar-refractivity contribution is 0.489. The largest absolute Gasteiger partial charge is 0.353 e. The van der Waals surface area contributed by atoms with Crippen LogP contribution in [0, 0.1) is 13.8 Å². The molecule has 0 unspecified atom stereocenters. The van der Waals surface area contributed by atoms with E-state index in [2.05, 4.69) is 77.9 Å². The Hall–Kier alpha value is -3.19. The molecule has 4 aromatic rings. The molecule has 0 aromatic carbocycles. The fourth-order valence-electron chi connectivity index (χ4n) is 5.58. The summed E-state index contributed by atoms with van der Waals surface area (Å²) in [7, 11) is 0. The van der Waals surface area contributed by atoms with Crippen LogP contribution in [0.15, 0.2) is 36.8 Å². The van der Waals surface area contributed by atoms with Crippen LogP contribution in [0.5, 0.6) is 0 Å². The zero-order chi connectivity index (χ0) is 22.1. The highest BCUT2D eigenvalue weighted by molar-refractivity contribution is 5.90. The minimum atomic E-state index is 0.322. The van der Waals surface area contributed by atoms with Crippen molar-refractivity contribution in [1.29, 1.82) is 0 Å². The van der Waals surface area contributed by atoms with Gasteiger partial charge in [-0.05, 0) is 49.4 Å². The fourth-order valence-corrected chi connectivity index (χ4v) is 5.58. The number of nitrogens with one attached hydrogen (secondary N) is 2. The average molecular weight is 428 g/mol. The van der Waals surface area contributed by atoms with Gasteiger partial charge in [-0.1, -0.05) is 26.0 Å². The molecule has 2 bridgehead atoms. The summed E-state index contributed by atoms with van der Waals surface area (Å²) in [6.45, 7) is 15.0. The summed E-state index contributed by atoms with van der Waals surface area (Å²) >= 11 is 0. The first-order valence-corrected chi connectivity index (χ1v) is 11.4. The molecule has 6 heterocycles. The van der Waals surface area contributed by atoms with Gasteiger partial charge in [0.25, 0.3) is 0 Å². The number of hydrogen-bond donors (Lipinski definition) is 2. The van der Waals surface area contributed by atoms with E-state index in [4.69, 9.17) is 4.98 Å². The molecule has 7 heteroatoms. The molecule has 0 radical (unpaired) electrons. The summed E-state index contributed by atoms with van der Waals surface area (Å²) in [5, 5.41) is 7.94. The van der Waals surface area contributed by atoms with Crippen molar-refractivity contribution >= 4 is 22.5 Å². The van der Waals surface area contributed by atoms with Gasteiger partial charge in [0, 0.05) is 36.5 Å². The van der Waals surface area contributed by atoms with E-state index in [0.29, 0.717) is 18.0 Å². The Morgan fingerprint density at radius 3 is 2.78 bits per heavy atom. The van der Waals surface area contributed by atoms with Gasteiger partial charge in [0.15, 0.2) is 5.65 Å². The molecule has 2 atom stereocenters. The summed E-state index contributed by atoms with van der Waals surface area (Å²) in [5.41, 5.74) is 10.3. The smallest absolute Gasteiger partial charge is 0.158 e. The molecule has 2 aliphatic heterocycles. The Balaban J connectivity index is 1.55. The zero-order valence-electron chi connectivity index (χ0n) is 19.1. The minimum Gasteiger partial charge on any atom is -0.353 e. The normalized spacial score (nSPS) is 20.9. The maximum atomic E-state index is 5.24. The van der Waals surface area contributed by atoms with Crippen LogP contribution in [0.25, 0.3) is 27.9 Å². The van der Waals surface area contributed by atoms with Crippen molar-refractivity contribution in [3.05, 3.63) is 53.5 Å². The first-order valence-electron chi connectivity index (χ1n) is 11.4. The number of hydrogen-bond acceptors (Lipinski definition) is 5. The van der Waals surface area contributed by atoms with Crippen molar-refractivity contribution in [1.82, 2.24) is 29.9 Å². The molecule has 2 fully saturated rings. The second-order valence-electron chi connectivity index (χ2n) is 9.55. The van der Waals surface area contributed by atoms with Crippen molar-refractivity contribution in [2.45, 2.75) is 52.1 Å². The Bertz CT molecular complexity index is 1380. The van der Waals surface area contributed by atoms with Crippen LogP contribution < -0.4 is 10.2 Å². The third kappa shape index (κ3) is 2.67. The molecule has 0 amide bonds. The van der Waals surface area contributed by atoms with Gasteiger partial charge < -0.3 is 15.2 Å². The third-order valence-corrected chi connectivity index (χ3v) is 7.32. The molecule has 0 aliphatic carbocycles. The summed E-state index contributed by atoms with van der Waals surface area (Å²) in [6.07, 6.45) is 4.75. The van der Waals surface area contributed by atoms with Gasteiger partial charge in [0.2, 0.25) is 0 Å². The van der Waals surface area contributed by atoms with Crippen molar-refractivity contribution in [2.24, 2.45) is 0 Å². The van der Waals surface area contributed by atoms with Crippen LogP contribution in [-0.2, 0) is 0 Å². The zero-order valence-corrected chi connectivity index (χ0v) is 19.1. The molecular formula is C25H29N7. The molecule has 164 valence electrons. The van der Waals surface area contributed by atoms with Crippen LogP contribution in [0.4, 0.5) is 5.82 Å². The third-order valence-electron chi connectivity index (χ3n) is 7.32. The molecule has 4 aromatic heterocycles. The van der Waals surface area contributed by atoms with E-state index in [9.17, 15) is 0 Å². The first kappa shape index (κ1) is 19.5. The molecule has 2 aliphatic rings. The van der Waals surface area contributed by atoms with E-state index in [0.717, 1.165) is 58.8 Å². The van der Waals surface area contributed by atoms with E-state index in [1.807, 2.05) is 4.52 Å². The quantitative estimate of drug-likeness (QED) is 0.481. The highest BCUT2D eigenvalue weighted by atomic mass is 15.3. The predicted molar refractivity (Wildman–Crippen MR) is 128 cm³/mol. The van der Waals surface area contributed by atoms with Gasteiger partial charge in [0.1, 0.15) is 12.1 Å². The van der Waals surface area contributed by atoms with E-state index in [-0.39, 0.29) is 0 Å². The monoisotopic (exact) mass is 427 g/mol.